The highest BCUT2D eigenvalue weighted by Gasteiger charge is 2.42. The van der Waals surface area contributed by atoms with Crippen molar-refractivity contribution in [2.24, 2.45) is 5.41 Å². The zero-order valence-corrected chi connectivity index (χ0v) is 12.1. The van der Waals surface area contributed by atoms with Crippen molar-refractivity contribution in [3.8, 4) is 5.75 Å². The van der Waals surface area contributed by atoms with Gasteiger partial charge in [-0.1, -0.05) is 0 Å². The molecule has 1 saturated carbocycles. The standard InChI is InChI=1S/C15H21FN2O3/c1-11(21-13-4-2-12(16)3-5-13)8-17-14(20)18-9-15(10-19)6-7-15/h2-5,11,19H,6-10H2,1H3,(H2,17,18,20). The van der Waals surface area contributed by atoms with Gasteiger partial charge in [0.05, 0.1) is 13.2 Å². The number of carbonyl (C=O) groups excluding carboxylic acids is 1. The van der Waals surface area contributed by atoms with Crippen LogP contribution in [0.5, 0.6) is 5.75 Å². The fourth-order valence-electron chi connectivity index (χ4n) is 1.92. The number of nitrogens with one attached hydrogen (secondary N) is 2. The highest BCUT2D eigenvalue weighted by atomic mass is 19.1. The molecule has 1 unspecified atom stereocenters. The Morgan fingerprint density at radius 2 is 2.05 bits per heavy atom. The Morgan fingerprint density at radius 3 is 2.62 bits per heavy atom. The molecule has 1 atom stereocenters. The summed E-state index contributed by atoms with van der Waals surface area (Å²) in [7, 11) is 0. The molecule has 5 nitrogen and oxygen atoms in total. The second-order valence-corrected chi connectivity index (χ2v) is 5.60. The summed E-state index contributed by atoms with van der Waals surface area (Å²) >= 11 is 0. The molecule has 1 aromatic rings. The van der Waals surface area contributed by atoms with E-state index in [9.17, 15) is 9.18 Å². The van der Waals surface area contributed by atoms with E-state index in [1.807, 2.05) is 6.92 Å². The lowest BCUT2D eigenvalue weighted by molar-refractivity contribution is 0.195. The van der Waals surface area contributed by atoms with Gasteiger partial charge in [0.2, 0.25) is 0 Å². The van der Waals surface area contributed by atoms with Crippen LogP contribution in [0.1, 0.15) is 19.8 Å². The van der Waals surface area contributed by atoms with Gasteiger partial charge in [0, 0.05) is 12.0 Å². The molecule has 0 radical (unpaired) electrons. The Labute approximate surface area is 123 Å². The molecule has 1 aliphatic rings. The predicted molar refractivity (Wildman–Crippen MR) is 76.6 cm³/mol. The Kier molecular flexibility index (Phi) is 5.01. The molecule has 0 bridgehead atoms. The first-order valence-electron chi connectivity index (χ1n) is 7.08. The van der Waals surface area contributed by atoms with E-state index >= 15 is 0 Å². The minimum Gasteiger partial charge on any atom is -0.489 e. The summed E-state index contributed by atoms with van der Waals surface area (Å²) in [5.74, 6) is 0.244. The summed E-state index contributed by atoms with van der Waals surface area (Å²) in [5, 5.41) is 14.6. The summed E-state index contributed by atoms with van der Waals surface area (Å²) in [4.78, 5) is 11.6. The van der Waals surface area contributed by atoms with Gasteiger partial charge in [-0.2, -0.15) is 0 Å². The zero-order chi connectivity index (χ0) is 15.3. The van der Waals surface area contributed by atoms with Crippen LogP contribution in [0.15, 0.2) is 24.3 Å². The van der Waals surface area contributed by atoms with Crippen molar-refractivity contribution in [2.75, 3.05) is 19.7 Å². The third kappa shape index (κ3) is 4.90. The lowest BCUT2D eigenvalue weighted by atomic mass is 10.1. The molecule has 116 valence electrons. The molecule has 1 fully saturated rings. The van der Waals surface area contributed by atoms with Gasteiger partial charge >= 0.3 is 6.03 Å². The van der Waals surface area contributed by atoms with Crippen LogP contribution in [0.3, 0.4) is 0 Å². The van der Waals surface area contributed by atoms with Crippen LogP contribution in [0, 0.1) is 11.2 Å². The number of urea groups is 1. The van der Waals surface area contributed by atoms with Crippen molar-refractivity contribution in [3.05, 3.63) is 30.1 Å². The maximum atomic E-state index is 12.8. The summed E-state index contributed by atoms with van der Waals surface area (Å²) in [6.07, 6.45) is 1.68. The van der Waals surface area contributed by atoms with Gasteiger partial charge in [0.25, 0.3) is 0 Å². The van der Waals surface area contributed by atoms with Crippen LogP contribution in [0.4, 0.5) is 9.18 Å². The molecule has 0 heterocycles. The van der Waals surface area contributed by atoms with Crippen molar-refractivity contribution in [1.82, 2.24) is 10.6 Å². The third-order valence-corrected chi connectivity index (χ3v) is 3.62. The third-order valence-electron chi connectivity index (χ3n) is 3.62. The fourth-order valence-corrected chi connectivity index (χ4v) is 1.92. The van der Waals surface area contributed by atoms with Crippen molar-refractivity contribution in [3.63, 3.8) is 0 Å². The number of hydrogen-bond donors (Lipinski definition) is 3. The minimum absolute atomic E-state index is 0.104. The van der Waals surface area contributed by atoms with Gasteiger partial charge < -0.3 is 20.5 Å². The van der Waals surface area contributed by atoms with Gasteiger partial charge in [-0.05, 0) is 44.0 Å². The highest BCUT2D eigenvalue weighted by Crippen LogP contribution is 2.44. The molecule has 2 rings (SSSR count). The number of amides is 2. The van der Waals surface area contributed by atoms with E-state index < -0.39 is 0 Å². The topological polar surface area (TPSA) is 70.6 Å². The number of aliphatic hydroxyl groups excluding tert-OH is 1. The summed E-state index contributed by atoms with van der Waals surface area (Å²) in [6, 6.07) is 5.47. The molecule has 0 spiro atoms. The van der Waals surface area contributed by atoms with Crippen LogP contribution in [-0.2, 0) is 0 Å². The number of halogens is 1. The summed E-state index contributed by atoms with van der Waals surface area (Å²) < 4.78 is 18.3. The van der Waals surface area contributed by atoms with Gasteiger partial charge in [0.15, 0.2) is 0 Å². The SMILES string of the molecule is CC(CNC(=O)NCC1(CO)CC1)Oc1ccc(F)cc1. The number of ether oxygens (including phenoxy) is 1. The minimum atomic E-state index is -0.314. The number of hydrogen-bond acceptors (Lipinski definition) is 3. The zero-order valence-electron chi connectivity index (χ0n) is 12.1. The highest BCUT2D eigenvalue weighted by molar-refractivity contribution is 5.73. The van der Waals surface area contributed by atoms with Gasteiger partial charge in [-0.15, -0.1) is 0 Å². The monoisotopic (exact) mass is 296 g/mol. The molecule has 0 saturated heterocycles. The lowest BCUT2D eigenvalue weighted by Crippen LogP contribution is -2.43. The molecular weight excluding hydrogens is 275 g/mol. The van der Waals surface area contributed by atoms with Crippen molar-refractivity contribution >= 4 is 6.03 Å². The second-order valence-electron chi connectivity index (χ2n) is 5.60. The van der Waals surface area contributed by atoms with Crippen LogP contribution in [-0.4, -0.2) is 36.9 Å². The first-order valence-corrected chi connectivity index (χ1v) is 7.08. The maximum Gasteiger partial charge on any atom is 0.314 e. The van der Waals surface area contributed by atoms with Crippen LogP contribution in [0.2, 0.25) is 0 Å². The summed E-state index contributed by atoms with van der Waals surface area (Å²) in [6.45, 7) is 2.76. The maximum absolute atomic E-state index is 12.8. The molecule has 1 aromatic carbocycles. The smallest absolute Gasteiger partial charge is 0.314 e. The van der Waals surface area contributed by atoms with Crippen LogP contribution >= 0.6 is 0 Å². The molecule has 3 N–H and O–H groups in total. The average molecular weight is 296 g/mol. The molecule has 21 heavy (non-hydrogen) atoms. The number of carbonyl (C=O) groups is 1. The number of rotatable bonds is 7. The summed E-state index contributed by atoms with van der Waals surface area (Å²) in [5.41, 5.74) is -0.104. The Balaban J connectivity index is 1.65. The Morgan fingerprint density at radius 1 is 1.38 bits per heavy atom. The van der Waals surface area contributed by atoms with E-state index in [0.717, 1.165) is 12.8 Å². The number of benzene rings is 1. The predicted octanol–water partition coefficient (Wildman–Crippen LogP) is 1.66. The molecule has 1 aliphatic carbocycles. The van der Waals surface area contributed by atoms with E-state index in [2.05, 4.69) is 10.6 Å². The van der Waals surface area contributed by atoms with Crippen molar-refractivity contribution in [2.45, 2.75) is 25.9 Å². The van der Waals surface area contributed by atoms with E-state index in [1.54, 1.807) is 12.1 Å². The van der Waals surface area contributed by atoms with Gasteiger partial charge in [-0.3, -0.25) is 0 Å². The first-order chi connectivity index (χ1) is 10.0. The average Bonchev–Trinajstić information content (AvgIpc) is 3.26. The van der Waals surface area contributed by atoms with Crippen molar-refractivity contribution < 1.29 is 19.0 Å². The normalized spacial score (nSPS) is 16.9. The van der Waals surface area contributed by atoms with Gasteiger partial charge in [-0.25, -0.2) is 9.18 Å². The molecule has 0 aromatic heterocycles. The van der Waals surface area contributed by atoms with E-state index in [4.69, 9.17) is 9.84 Å². The molecule has 0 aliphatic heterocycles. The quantitative estimate of drug-likeness (QED) is 0.717. The Hall–Kier alpha value is -1.82. The number of aliphatic hydroxyl groups is 1. The first kappa shape index (κ1) is 15.6. The molecule has 6 heteroatoms. The van der Waals surface area contributed by atoms with Crippen molar-refractivity contribution in [1.29, 1.82) is 0 Å². The second kappa shape index (κ2) is 6.76. The molecule has 2 amide bonds. The Bertz CT molecular complexity index is 474. The fraction of sp³-hybridized carbons (Fsp3) is 0.533. The largest absolute Gasteiger partial charge is 0.489 e. The molecular formula is C15H21FN2O3. The van der Waals surface area contributed by atoms with Crippen LogP contribution < -0.4 is 15.4 Å². The van der Waals surface area contributed by atoms with E-state index in [0.29, 0.717) is 18.8 Å². The van der Waals surface area contributed by atoms with E-state index in [-0.39, 0.29) is 30.0 Å². The lowest BCUT2D eigenvalue weighted by Gasteiger charge is -2.17. The van der Waals surface area contributed by atoms with Crippen LogP contribution in [0.25, 0.3) is 0 Å². The van der Waals surface area contributed by atoms with E-state index in [1.165, 1.54) is 12.1 Å². The van der Waals surface area contributed by atoms with Gasteiger partial charge in [0.1, 0.15) is 17.7 Å².